The molecule has 3 rings (SSSR count). The van der Waals surface area contributed by atoms with E-state index in [2.05, 4.69) is 5.32 Å². The number of hydrogen-bond acceptors (Lipinski definition) is 7. The number of aliphatic hydroxyl groups is 2. The number of carbonyl (C=O) groups excluding carboxylic acids is 3. The second-order valence-corrected chi connectivity index (χ2v) is 10.5. The predicted molar refractivity (Wildman–Crippen MR) is 142 cm³/mol. The van der Waals surface area contributed by atoms with Crippen molar-refractivity contribution >= 4 is 40.7 Å². The highest BCUT2D eigenvalue weighted by Gasteiger charge is 2.41. The molecule has 3 N–H and O–H groups in total. The van der Waals surface area contributed by atoms with E-state index in [1.54, 1.807) is 23.1 Å². The maximum atomic E-state index is 12.9. The average Bonchev–Trinajstić information content (AvgIpc) is 2.88. The maximum absolute atomic E-state index is 12.9. The zero-order valence-corrected chi connectivity index (χ0v) is 22.9. The molecule has 10 heteroatoms. The number of methoxy groups -OCH3 is 1. The van der Waals surface area contributed by atoms with E-state index in [1.807, 2.05) is 22.6 Å². The van der Waals surface area contributed by atoms with E-state index in [4.69, 9.17) is 14.6 Å². The van der Waals surface area contributed by atoms with E-state index in [0.717, 1.165) is 25.7 Å². The third-order valence-electron chi connectivity index (χ3n) is 6.84. The number of aliphatic hydroxyl groups excluding tert-OH is 2. The first kappa shape index (κ1) is 28.4. The Morgan fingerprint density at radius 2 is 1.97 bits per heavy atom. The Hall–Kier alpha value is -2.18. The molecule has 2 aliphatic rings. The van der Waals surface area contributed by atoms with Crippen molar-refractivity contribution in [2.24, 2.45) is 5.92 Å². The zero-order chi connectivity index (χ0) is 26.2. The lowest BCUT2D eigenvalue weighted by atomic mass is 9.85. The van der Waals surface area contributed by atoms with Crippen molar-refractivity contribution in [2.45, 2.75) is 63.7 Å². The topological polar surface area (TPSA) is 125 Å². The van der Waals surface area contributed by atoms with Crippen LogP contribution in [0, 0.1) is 9.49 Å². The summed E-state index contributed by atoms with van der Waals surface area (Å²) in [6, 6.07) is 2.52. The molecule has 1 aromatic carbocycles. The fourth-order valence-electron chi connectivity index (χ4n) is 4.98. The number of halogens is 1. The van der Waals surface area contributed by atoms with E-state index in [9.17, 15) is 19.5 Å². The molecule has 1 saturated carbocycles. The molecule has 0 aliphatic heterocycles. The summed E-state index contributed by atoms with van der Waals surface area (Å²) in [5, 5.41) is 23.2. The molecule has 0 aromatic heterocycles. The summed E-state index contributed by atoms with van der Waals surface area (Å²) in [7, 11) is 1.46. The highest BCUT2D eigenvalue weighted by Crippen LogP contribution is 2.37. The van der Waals surface area contributed by atoms with Crippen LogP contribution in [0.4, 0.5) is 0 Å². The van der Waals surface area contributed by atoms with Gasteiger partial charge in [-0.1, -0.05) is 19.3 Å². The van der Waals surface area contributed by atoms with Crippen LogP contribution in [-0.4, -0.2) is 78.3 Å². The largest absolute Gasteiger partial charge is 0.493 e. The maximum Gasteiger partial charge on any atom is 0.247 e. The molecule has 1 aromatic rings. The second kappa shape index (κ2) is 13.4. The molecule has 36 heavy (non-hydrogen) atoms. The van der Waals surface area contributed by atoms with E-state index in [0.29, 0.717) is 45.0 Å². The van der Waals surface area contributed by atoms with Crippen molar-refractivity contribution in [3.63, 3.8) is 0 Å². The molecule has 3 unspecified atom stereocenters. The lowest BCUT2D eigenvalue weighted by Gasteiger charge is -2.42. The monoisotopic (exact) mass is 614 g/mol. The fraction of sp³-hybridized carbons (Fsp3) is 0.577. The number of nitrogens with one attached hydrogen (secondary N) is 1. The van der Waals surface area contributed by atoms with E-state index in [-0.39, 0.29) is 31.4 Å². The first-order valence-corrected chi connectivity index (χ1v) is 13.4. The van der Waals surface area contributed by atoms with Gasteiger partial charge in [-0.05, 0) is 59.6 Å². The first-order chi connectivity index (χ1) is 17.3. The number of hydrogen-bond donors (Lipinski definition) is 3. The van der Waals surface area contributed by atoms with Crippen LogP contribution in [0.3, 0.4) is 0 Å². The summed E-state index contributed by atoms with van der Waals surface area (Å²) in [6.07, 6.45) is 5.90. The minimum atomic E-state index is -1.10. The lowest BCUT2D eigenvalue weighted by molar-refractivity contribution is -0.137. The molecule has 2 amide bonds. The van der Waals surface area contributed by atoms with Crippen LogP contribution in [0.5, 0.6) is 11.5 Å². The van der Waals surface area contributed by atoms with Gasteiger partial charge in [-0.3, -0.25) is 14.4 Å². The van der Waals surface area contributed by atoms with Crippen LogP contribution in [0.25, 0.3) is 0 Å². The van der Waals surface area contributed by atoms with Gasteiger partial charge < -0.3 is 29.9 Å². The quantitative estimate of drug-likeness (QED) is 0.273. The number of benzene rings is 1. The van der Waals surface area contributed by atoms with Gasteiger partial charge in [0.25, 0.3) is 0 Å². The summed E-state index contributed by atoms with van der Waals surface area (Å²) in [4.78, 5) is 38.6. The van der Waals surface area contributed by atoms with E-state index >= 15 is 0 Å². The van der Waals surface area contributed by atoms with Gasteiger partial charge in [0.1, 0.15) is 18.5 Å². The number of amides is 2. The summed E-state index contributed by atoms with van der Waals surface area (Å²) in [5.41, 5.74) is 0.789. The van der Waals surface area contributed by atoms with Crippen LogP contribution in [0.1, 0.15) is 55.8 Å². The molecule has 2 aliphatic carbocycles. The van der Waals surface area contributed by atoms with Crippen LogP contribution < -0.4 is 14.8 Å². The first-order valence-electron chi connectivity index (χ1n) is 12.3. The van der Waals surface area contributed by atoms with E-state index < -0.39 is 18.2 Å². The van der Waals surface area contributed by atoms with Crippen molar-refractivity contribution in [3.05, 3.63) is 32.9 Å². The highest BCUT2D eigenvalue weighted by molar-refractivity contribution is 14.1. The minimum absolute atomic E-state index is 0.0896. The molecule has 0 saturated heterocycles. The number of aldehydes is 1. The van der Waals surface area contributed by atoms with Gasteiger partial charge in [0.05, 0.1) is 23.3 Å². The Balaban J connectivity index is 1.95. The highest BCUT2D eigenvalue weighted by atomic mass is 127. The molecule has 0 bridgehead atoms. The molecule has 0 spiro atoms. The molecule has 1 fully saturated rings. The number of carbonyl (C=O) groups is 3. The lowest BCUT2D eigenvalue weighted by Crippen LogP contribution is -2.55. The van der Waals surface area contributed by atoms with Gasteiger partial charge >= 0.3 is 0 Å². The second-order valence-electron chi connectivity index (χ2n) is 9.34. The molecule has 3 atom stereocenters. The number of nitrogens with zero attached hydrogens (tertiary/aromatic N) is 1. The van der Waals surface area contributed by atoms with Crippen molar-refractivity contribution in [2.75, 3.05) is 26.8 Å². The zero-order valence-electron chi connectivity index (χ0n) is 20.7. The number of ether oxygens (including phenoxy) is 2. The Morgan fingerprint density at radius 1 is 1.25 bits per heavy atom. The Morgan fingerprint density at radius 3 is 2.58 bits per heavy atom. The fourth-order valence-corrected chi connectivity index (χ4v) is 5.74. The molecule has 9 nitrogen and oxygen atoms in total. The summed E-state index contributed by atoms with van der Waals surface area (Å²) in [5.74, 6) is 0.463. The van der Waals surface area contributed by atoms with Crippen molar-refractivity contribution in [1.82, 2.24) is 10.2 Å². The van der Waals surface area contributed by atoms with Gasteiger partial charge in [0.15, 0.2) is 11.5 Å². The van der Waals surface area contributed by atoms with Crippen molar-refractivity contribution < 1.29 is 34.1 Å². The van der Waals surface area contributed by atoms with Gasteiger partial charge in [0, 0.05) is 37.6 Å². The van der Waals surface area contributed by atoms with Crippen LogP contribution in [-0.2, 0) is 9.59 Å². The summed E-state index contributed by atoms with van der Waals surface area (Å²) >= 11 is 2.03. The van der Waals surface area contributed by atoms with Gasteiger partial charge in [-0.2, -0.15) is 0 Å². The molecule has 0 radical (unpaired) electrons. The Bertz CT molecular complexity index is 977. The van der Waals surface area contributed by atoms with Gasteiger partial charge in [0.2, 0.25) is 11.8 Å². The van der Waals surface area contributed by atoms with Gasteiger partial charge in [-0.25, -0.2) is 0 Å². The van der Waals surface area contributed by atoms with Crippen LogP contribution in [0.2, 0.25) is 0 Å². The SMILES string of the molecule is COc1cc(C=O)cc(I)c1OC1C=C(C(=O)NCCO)CC(N(CC2CCCCC2)C(C)=O)C1O. The number of rotatable bonds is 10. The molecule has 0 heterocycles. The summed E-state index contributed by atoms with van der Waals surface area (Å²) in [6.45, 7) is 1.89. The molecular formula is C26H35IN2O7. The van der Waals surface area contributed by atoms with Gasteiger partial charge in [-0.15, -0.1) is 0 Å². The standard InChI is InChI=1S/C26H35IN2O7/c1-16(32)29(14-17-6-4-3-5-7-17)21-12-19(26(34)28-8-9-30)13-22(24(21)33)36-25-20(27)10-18(15-31)11-23(25)35-2/h10-11,13,15,17,21-22,24,30,33H,3-9,12,14H2,1-2H3,(H,28,34). The minimum Gasteiger partial charge on any atom is -0.493 e. The van der Waals surface area contributed by atoms with E-state index in [1.165, 1.54) is 20.5 Å². The normalized spacial score (nSPS) is 22.4. The molecule has 198 valence electrons. The van der Waals surface area contributed by atoms with Crippen molar-refractivity contribution in [1.29, 1.82) is 0 Å². The Kier molecular flexibility index (Phi) is 10.6. The predicted octanol–water partition coefficient (Wildman–Crippen LogP) is 2.46. The average molecular weight is 614 g/mol. The van der Waals surface area contributed by atoms with Crippen LogP contribution in [0.15, 0.2) is 23.8 Å². The smallest absolute Gasteiger partial charge is 0.247 e. The Labute approximate surface area is 225 Å². The third kappa shape index (κ3) is 6.98. The van der Waals surface area contributed by atoms with Crippen LogP contribution >= 0.6 is 22.6 Å². The molecular weight excluding hydrogens is 579 g/mol. The summed E-state index contributed by atoms with van der Waals surface area (Å²) < 4.78 is 12.2. The van der Waals surface area contributed by atoms with Crippen molar-refractivity contribution in [3.8, 4) is 11.5 Å². The third-order valence-corrected chi connectivity index (χ3v) is 7.64.